The zero-order valence-electron chi connectivity index (χ0n) is 14.1. The van der Waals surface area contributed by atoms with Crippen LogP contribution in [0.4, 0.5) is 5.69 Å². The van der Waals surface area contributed by atoms with Gasteiger partial charge in [0.1, 0.15) is 11.3 Å². The van der Waals surface area contributed by atoms with Crippen LogP contribution in [0.25, 0.3) is 22.6 Å². The van der Waals surface area contributed by atoms with E-state index in [1.807, 2.05) is 24.3 Å². The first-order chi connectivity index (χ1) is 12.5. The van der Waals surface area contributed by atoms with E-state index < -0.39 is 11.8 Å². The summed E-state index contributed by atoms with van der Waals surface area (Å²) < 4.78 is 11.0. The molecule has 0 radical (unpaired) electrons. The van der Waals surface area contributed by atoms with Gasteiger partial charge in [-0.15, -0.1) is 0 Å². The molecule has 1 aliphatic rings. The van der Waals surface area contributed by atoms with E-state index in [9.17, 15) is 9.59 Å². The van der Waals surface area contributed by atoms with Crippen LogP contribution in [0.2, 0.25) is 0 Å². The fraction of sp³-hybridized carbons (Fsp3) is 0.211. The van der Waals surface area contributed by atoms with E-state index >= 15 is 0 Å². The number of hydrogen-bond acceptors (Lipinski definition) is 5. The number of amides is 2. The standard InChI is InChI=1S/C19H17N3O4/c1-25-14-5-2-11(3-6-14)19-21-15-9-13(4-7-16(15)26-19)22-10-12(18(20)24)8-17(22)23/h2-7,9,12H,8,10H2,1H3,(H2,20,24)/t12-/m1/s1. The Kier molecular flexibility index (Phi) is 3.84. The number of fused-ring (bicyclic) bond motifs is 1. The number of nitrogens with two attached hydrogens (primary N) is 1. The summed E-state index contributed by atoms with van der Waals surface area (Å²) >= 11 is 0. The van der Waals surface area contributed by atoms with Crippen LogP contribution in [0.3, 0.4) is 0 Å². The SMILES string of the molecule is COc1ccc(-c2nc3cc(N4C[C@H](C(N)=O)CC4=O)ccc3o2)cc1. The summed E-state index contributed by atoms with van der Waals surface area (Å²) in [6.45, 7) is 0.295. The molecule has 0 aliphatic carbocycles. The van der Waals surface area contributed by atoms with Gasteiger partial charge in [-0.1, -0.05) is 0 Å². The van der Waals surface area contributed by atoms with E-state index in [1.165, 1.54) is 0 Å². The summed E-state index contributed by atoms with van der Waals surface area (Å²) in [5, 5.41) is 0. The Morgan fingerprint density at radius 3 is 2.69 bits per heavy atom. The van der Waals surface area contributed by atoms with Crippen LogP contribution >= 0.6 is 0 Å². The number of methoxy groups -OCH3 is 1. The monoisotopic (exact) mass is 351 g/mol. The van der Waals surface area contributed by atoms with Gasteiger partial charge in [-0.3, -0.25) is 9.59 Å². The smallest absolute Gasteiger partial charge is 0.227 e. The van der Waals surface area contributed by atoms with Gasteiger partial charge in [0.05, 0.1) is 13.0 Å². The molecule has 4 rings (SSSR count). The zero-order valence-corrected chi connectivity index (χ0v) is 14.1. The Labute approximate surface area is 149 Å². The van der Waals surface area contributed by atoms with Gasteiger partial charge in [-0.05, 0) is 42.5 Å². The molecule has 3 aromatic rings. The second-order valence-electron chi connectivity index (χ2n) is 6.21. The predicted molar refractivity (Wildman–Crippen MR) is 95.7 cm³/mol. The lowest BCUT2D eigenvalue weighted by Crippen LogP contribution is -2.28. The molecule has 7 heteroatoms. The van der Waals surface area contributed by atoms with Crippen LogP contribution in [-0.4, -0.2) is 30.5 Å². The lowest BCUT2D eigenvalue weighted by atomic mass is 10.1. The molecule has 0 spiro atoms. The van der Waals surface area contributed by atoms with Crippen molar-refractivity contribution in [2.75, 3.05) is 18.6 Å². The zero-order chi connectivity index (χ0) is 18.3. The van der Waals surface area contributed by atoms with Gasteiger partial charge in [0, 0.05) is 24.2 Å². The van der Waals surface area contributed by atoms with E-state index in [1.54, 1.807) is 30.2 Å². The first-order valence-electron chi connectivity index (χ1n) is 8.20. The maximum Gasteiger partial charge on any atom is 0.227 e. The van der Waals surface area contributed by atoms with E-state index in [-0.39, 0.29) is 12.3 Å². The van der Waals surface area contributed by atoms with Gasteiger partial charge >= 0.3 is 0 Å². The summed E-state index contributed by atoms with van der Waals surface area (Å²) in [4.78, 5) is 29.6. The van der Waals surface area contributed by atoms with Crippen LogP contribution in [0, 0.1) is 5.92 Å². The molecule has 7 nitrogen and oxygen atoms in total. The van der Waals surface area contributed by atoms with Gasteiger partial charge in [0.2, 0.25) is 17.7 Å². The van der Waals surface area contributed by atoms with Crippen molar-refractivity contribution in [3.63, 3.8) is 0 Å². The first-order valence-corrected chi connectivity index (χ1v) is 8.20. The predicted octanol–water partition coefficient (Wildman–Crippen LogP) is 2.34. The highest BCUT2D eigenvalue weighted by Gasteiger charge is 2.34. The second-order valence-corrected chi connectivity index (χ2v) is 6.21. The molecule has 1 atom stereocenters. The van der Waals surface area contributed by atoms with Crippen molar-refractivity contribution < 1.29 is 18.7 Å². The molecular weight excluding hydrogens is 334 g/mol. The Bertz CT molecular complexity index is 994. The first kappa shape index (κ1) is 16.1. The summed E-state index contributed by atoms with van der Waals surface area (Å²) in [6.07, 6.45) is 0.142. The third kappa shape index (κ3) is 2.77. The summed E-state index contributed by atoms with van der Waals surface area (Å²) in [7, 11) is 1.61. The number of carbonyl (C=O) groups is 2. The van der Waals surface area contributed by atoms with Crippen molar-refractivity contribution >= 4 is 28.6 Å². The van der Waals surface area contributed by atoms with Crippen molar-refractivity contribution in [2.45, 2.75) is 6.42 Å². The summed E-state index contributed by atoms with van der Waals surface area (Å²) in [5.74, 6) is 0.216. The Morgan fingerprint density at radius 2 is 2.04 bits per heavy atom. The van der Waals surface area contributed by atoms with Crippen molar-refractivity contribution in [1.82, 2.24) is 4.98 Å². The molecule has 0 unspecified atom stereocenters. The van der Waals surface area contributed by atoms with Crippen molar-refractivity contribution in [3.05, 3.63) is 42.5 Å². The van der Waals surface area contributed by atoms with Gasteiger partial charge in [-0.25, -0.2) is 4.98 Å². The summed E-state index contributed by atoms with van der Waals surface area (Å²) in [6, 6.07) is 12.7. The topological polar surface area (TPSA) is 98.7 Å². The molecule has 2 heterocycles. The molecule has 2 N–H and O–H groups in total. The number of ether oxygens (including phenoxy) is 1. The van der Waals surface area contributed by atoms with Gasteiger partial charge in [-0.2, -0.15) is 0 Å². The maximum absolute atomic E-state index is 12.2. The Balaban J connectivity index is 1.65. The minimum atomic E-state index is -0.454. The van der Waals surface area contributed by atoms with Crippen LogP contribution in [0.1, 0.15) is 6.42 Å². The number of primary amides is 1. The average molecular weight is 351 g/mol. The number of nitrogens with zero attached hydrogens (tertiary/aromatic N) is 2. The van der Waals surface area contributed by atoms with Gasteiger partial charge in [0.15, 0.2) is 5.58 Å². The summed E-state index contributed by atoms with van der Waals surface area (Å²) in [5.41, 5.74) is 8.10. The van der Waals surface area contributed by atoms with Crippen LogP contribution < -0.4 is 15.4 Å². The van der Waals surface area contributed by atoms with E-state index in [4.69, 9.17) is 14.9 Å². The third-order valence-corrected chi connectivity index (χ3v) is 4.55. The molecule has 2 amide bonds. The van der Waals surface area contributed by atoms with E-state index in [2.05, 4.69) is 4.98 Å². The van der Waals surface area contributed by atoms with Crippen molar-refractivity contribution in [1.29, 1.82) is 0 Å². The van der Waals surface area contributed by atoms with Gasteiger partial charge < -0.3 is 19.8 Å². The molecule has 0 saturated carbocycles. The number of carbonyl (C=O) groups excluding carboxylic acids is 2. The number of oxazole rings is 1. The molecule has 1 aromatic heterocycles. The highest BCUT2D eigenvalue weighted by Crippen LogP contribution is 2.31. The van der Waals surface area contributed by atoms with Crippen molar-refractivity contribution in [3.8, 4) is 17.2 Å². The minimum absolute atomic E-state index is 0.118. The lowest BCUT2D eigenvalue weighted by molar-refractivity contribution is -0.123. The number of anilines is 1. The van der Waals surface area contributed by atoms with Crippen molar-refractivity contribution in [2.24, 2.45) is 11.7 Å². The van der Waals surface area contributed by atoms with E-state index in [0.717, 1.165) is 11.3 Å². The van der Waals surface area contributed by atoms with Gasteiger partial charge in [0.25, 0.3) is 0 Å². The number of benzene rings is 2. The molecule has 2 aromatic carbocycles. The molecular formula is C19H17N3O4. The second kappa shape index (κ2) is 6.18. The normalized spacial score (nSPS) is 17.0. The molecule has 1 aliphatic heterocycles. The molecule has 1 fully saturated rings. The minimum Gasteiger partial charge on any atom is -0.497 e. The number of aromatic nitrogens is 1. The highest BCUT2D eigenvalue weighted by molar-refractivity contribution is 6.01. The largest absolute Gasteiger partial charge is 0.497 e. The van der Waals surface area contributed by atoms with Crippen LogP contribution in [0.5, 0.6) is 5.75 Å². The quantitative estimate of drug-likeness (QED) is 0.778. The van der Waals surface area contributed by atoms with Crippen LogP contribution in [-0.2, 0) is 9.59 Å². The average Bonchev–Trinajstić information content (AvgIpc) is 3.24. The molecule has 0 bridgehead atoms. The maximum atomic E-state index is 12.2. The molecule has 1 saturated heterocycles. The molecule has 132 valence electrons. The van der Waals surface area contributed by atoms with E-state index in [0.29, 0.717) is 29.2 Å². The fourth-order valence-electron chi connectivity index (χ4n) is 3.09. The lowest BCUT2D eigenvalue weighted by Gasteiger charge is -2.15. The fourth-order valence-corrected chi connectivity index (χ4v) is 3.09. The number of rotatable bonds is 4. The molecule has 26 heavy (non-hydrogen) atoms. The van der Waals surface area contributed by atoms with Crippen LogP contribution in [0.15, 0.2) is 46.9 Å². The Hall–Kier alpha value is -3.35. The third-order valence-electron chi connectivity index (χ3n) is 4.55. The Morgan fingerprint density at radius 1 is 1.27 bits per heavy atom. The number of hydrogen-bond donors (Lipinski definition) is 1. The highest BCUT2D eigenvalue weighted by atomic mass is 16.5.